The van der Waals surface area contributed by atoms with Crippen molar-refractivity contribution in [3.63, 3.8) is 0 Å². The van der Waals surface area contributed by atoms with E-state index in [1.165, 1.54) is 0 Å². The van der Waals surface area contributed by atoms with Gasteiger partial charge in [-0.25, -0.2) is 4.79 Å². The lowest BCUT2D eigenvalue weighted by atomic mass is 10.1. The Morgan fingerprint density at radius 2 is 2.38 bits per heavy atom. The molecule has 0 aromatic heterocycles. The second kappa shape index (κ2) is 6.75. The van der Waals surface area contributed by atoms with E-state index in [9.17, 15) is 4.79 Å². The molecule has 5 nitrogen and oxygen atoms in total. The van der Waals surface area contributed by atoms with Crippen LogP contribution >= 0.6 is 11.8 Å². The van der Waals surface area contributed by atoms with Crippen LogP contribution in [-0.4, -0.2) is 55.1 Å². The summed E-state index contributed by atoms with van der Waals surface area (Å²) < 4.78 is 4.97. The van der Waals surface area contributed by atoms with E-state index in [2.05, 4.69) is 11.2 Å². The van der Waals surface area contributed by atoms with Crippen LogP contribution in [0.1, 0.15) is 12.8 Å². The van der Waals surface area contributed by atoms with Crippen LogP contribution in [0.3, 0.4) is 0 Å². The van der Waals surface area contributed by atoms with Gasteiger partial charge in [-0.2, -0.15) is 16.8 Å². The molecule has 0 fully saturated rings. The second-order valence-electron chi connectivity index (χ2n) is 3.66. The minimum atomic E-state index is -0.233. The Morgan fingerprint density at radius 3 is 3.00 bits per heavy atom. The molecule has 1 aliphatic rings. The van der Waals surface area contributed by atoms with Gasteiger partial charge in [0.15, 0.2) is 0 Å². The van der Waals surface area contributed by atoms with Crippen molar-refractivity contribution in [1.29, 1.82) is 0 Å². The molecule has 0 aromatic rings. The summed E-state index contributed by atoms with van der Waals surface area (Å²) in [6.07, 6.45) is 3.99. The number of methoxy groups -OCH3 is 1. The van der Waals surface area contributed by atoms with Gasteiger partial charge in [-0.15, -0.1) is 0 Å². The first-order valence-electron chi connectivity index (χ1n) is 5.33. The molecular formula is C10H19N3O2S. The minimum Gasteiger partial charge on any atom is -0.385 e. The molecule has 16 heavy (non-hydrogen) atoms. The van der Waals surface area contributed by atoms with Crippen LogP contribution in [0.15, 0.2) is 4.99 Å². The Bertz CT molecular complexity index is 271. The fourth-order valence-electron chi connectivity index (χ4n) is 1.71. The molecule has 6 heteroatoms. The summed E-state index contributed by atoms with van der Waals surface area (Å²) in [6, 6.07) is -0.265. The highest BCUT2D eigenvalue weighted by atomic mass is 32.2. The number of urea groups is 1. The van der Waals surface area contributed by atoms with E-state index in [4.69, 9.17) is 10.5 Å². The van der Waals surface area contributed by atoms with Crippen LogP contribution in [0.25, 0.3) is 0 Å². The van der Waals surface area contributed by atoms with E-state index in [0.29, 0.717) is 19.0 Å². The number of amides is 2. The van der Waals surface area contributed by atoms with Crippen LogP contribution in [0.4, 0.5) is 4.79 Å². The summed E-state index contributed by atoms with van der Waals surface area (Å²) >= 11 is 1.80. The molecule has 1 heterocycles. The summed E-state index contributed by atoms with van der Waals surface area (Å²) in [5, 5.41) is 0. The van der Waals surface area contributed by atoms with E-state index in [1.54, 1.807) is 23.8 Å². The predicted octanol–water partition coefficient (Wildman–Crippen LogP) is 0.937. The predicted molar refractivity (Wildman–Crippen MR) is 67.0 cm³/mol. The SMILES string of the molecule is COCCN1C(=O)N=C(N)C1CCCSC. The molecule has 1 unspecified atom stereocenters. The minimum absolute atomic E-state index is 0.0326. The maximum Gasteiger partial charge on any atom is 0.345 e. The quantitative estimate of drug-likeness (QED) is 0.678. The molecule has 2 amide bonds. The number of nitrogens with zero attached hydrogens (tertiary/aromatic N) is 2. The van der Waals surface area contributed by atoms with Crippen molar-refractivity contribution in [3.8, 4) is 0 Å². The first-order valence-corrected chi connectivity index (χ1v) is 6.72. The van der Waals surface area contributed by atoms with Crippen molar-refractivity contribution in [2.45, 2.75) is 18.9 Å². The van der Waals surface area contributed by atoms with Gasteiger partial charge in [0.2, 0.25) is 0 Å². The van der Waals surface area contributed by atoms with Gasteiger partial charge in [-0.3, -0.25) is 0 Å². The molecule has 0 radical (unpaired) electrons. The molecule has 2 N–H and O–H groups in total. The highest BCUT2D eigenvalue weighted by molar-refractivity contribution is 7.98. The van der Waals surface area contributed by atoms with Crippen LogP contribution < -0.4 is 5.73 Å². The topological polar surface area (TPSA) is 67.9 Å². The monoisotopic (exact) mass is 245 g/mol. The average Bonchev–Trinajstić information content (AvgIpc) is 2.52. The zero-order chi connectivity index (χ0) is 12.0. The molecule has 0 spiro atoms. The van der Waals surface area contributed by atoms with Crippen molar-refractivity contribution in [1.82, 2.24) is 4.90 Å². The largest absolute Gasteiger partial charge is 0.385 e. The Kier molecular flexibility index (Phi) is 5.62. The number of thioether (sulfide) groups is 1. The third kappa shape index (κ3) is 3.38. The summed E-state index contributed by atoms with van der Waals surface area (Å²) in [4.78, 5) is 17.0. The van der Waals surface area contributed by atoms with Gasteiger partial charge in [0.1, 0.15) is 5.84 Å². The normalized spacial score (nSPS) is 20.4. The third-order valence-corrected chi connectivity index (χ3v) is 3.25. The summed E-state index contributed by atoms with van der Waals surface area (Å²) in [6.45, 7) is 1.08. The van der Waals surface area contributed by atoms with Crippen molar-refractivity contribution in [2.24, 2.45) is 10.7 Å². The van der Waals surface area contributed by atoms with Crippen molar-refractivity contribution in [3.05, 3.63) is 0 Å². The number of aliphatic imine (C=N–C) groups is 1. The number of hydrogen-bond acceptors (Lipinski definition) is 4. The van der Waals surface area contributed by atoms with Crippen molar-refractivity contribution < 1.29 is 9.53 Å². The fourth-order valence-corrected chi connectivity index (χ4v) is 2.16. The van der Waals surface area contributed by atoms with E-state index < -0.39 is 0 Å². The van der Waals surface area contributed by atoms with Crippen molar-refractivity contribution in [2.75, 3.05) is 32.3 Å². The van der Waals surface area contributed by atoms with E-state index in [-0.39, 0.29) is 12.1 Å². The zero-order valence-electron chi connectivity index (χ0n) is 9.81. The number of nitrogens with two attached hydrogens (primary N) is 1. The molecule has 1 atom stereocenters. The highest BCUT2D eigenvalue weighted by Gasteiger charge is 2.32. The molecule has 0 saturated heterocycles. The van der Waals surface area contributed by atoms with E-state index >= 15 is 0 Å². The molecule has 0 bridgehead atoms. The molecular weight excluding hydrogens is 226 g/mol. The van der Waals surface area contributed by atoms with Gasteiger partial charge < -0.3 is 15.4 Å². The lowest BCUT2D eigenvalue weighted by molar-refractivity contribution is 0.148. The Morgan fingerprint density at radius 1 is 1.62 bits per heavy atom. The lowest BCUT2D eigenvalue weighted by Crippen LogP contribution is -2.42. The first kappa shape index (κ1) is 13.3. The van der Waals surface area contributed by atoms with Crippen molar-refractivity contribution >= 4 is 23.6 Å². The molecule has 0 aliphatic carbocycles. The van der Waals surface area contributed by atoms with Gasteiger partial charge in [0.25, 0.3) is 0 Å². The average molecular weight is 245 g/mol. The number of carbonyl (C=O) groups excluding carboxylic acids is 1. The van der Waals surface area contributed by atoms with E-state index in [1.807, 2.05) is 0 Å². The lowest BCUT2D eigenvalue weighted by Gasteiger charge is -2.23. The number of rotatable bonds is 7. The number of carbonyl (C=O) groups is 1. The van der Waals surface area contributed by atoms with Crippen LogP contribution in [-0.2, 0) is 4.74 Å². The standard InChI is InChI=1S/C10H19N3O2S/c1-15-6-5-13-8(4-3-7-16-2)9(11)12-10(13)14/h8H,3-7H2,1-2H3,(H2,11,12,14). The van der Waals surface area contributed by atoms with Gasteiger partial charge in [0, 0.05) is 13.7 Å². The zero-order valence-corrected chi connectivity index (χ0v) is 10.6. The number of ether oxygens (including phenoxy) is 1. The highest BCUT2D eigenvalue weighted by Crippen LogP contribution is 2.16. The summed E-state index contributed by atoms with van der Waals surface area (Å²) in [5.41, 5.74) is 5.75. The molecule has 1 aliphatic heterocycles. The Hall–Kier alpha value is -0.750. The molecule has 0 saturated carbocycles. The number of amidine groups is 1. The smallest absolute Gasteiger partial charge is 0.345 e. The molecule has 92 valence electrons. The van der Waals surface area contributed by atoms with Gasteiger partial charge in [0.05, 0.1) is 12.6 Å². The Labute approximate surface area is 100 Å². The first-order chi connectivity index (χ1) is 7.70. The van der Waals surface area contributed by atoms with Crippen LogP contribution in [0.2, 0.25) is 0 Å². The second-order valence-corrected chi connectivity index (χ2v) is 4.64. The molecule has 0 aromatic carbocycles. The fraction of sp³-hybridized carbons (Fsp3) is 0.800. The van der Waals surface area contributed by atoms with Crippen LogP contribution in [0, 0.1) is 0 Å². The summed E-state index contributed by atoms with van der Waals surface area (Å²) in [5.74, 6) is 1.53. The molecule has 1 rings (SSSR count). The summed E-state index contributed by atoms with van der Waals surface area (Å²) in [7, 11) is 1.62. The maximum absolute atomic E-state index is 11.5. The Balaban J connectivity index is 2.48. The van der Waals surface area contributed by atoms with Gasteiger partial charge >= 0.3 is 6.03 Å². The van der Waals surface area contributed by atoms with Gasteiger partial charge in [-0.05, 0) is 24.9 Å². The van der Waals surface area contributed by atoms with Crippen LogP contribution in [0.5, 0.6) is 0 Å². The third-order valence-electron chi connectivity index (χ3n) is 2.55. The van der Waals surface area contributed by atoms with Gasteiger partial charge in [-0.1, -0.05) is 0 Å². The maximum atomic E-state index is 11.5. The number of hydrogen-bond donors (Lipinski definition) is 1. The van der Waals surface area contributed by atoms with E-state index in [0.717, 1.165) is 18.6 Å².